The van der Waals surface area contributed by atoms with Crippen LogP contribution in [-0.2, 0) is 0 Å². The number of halogens is 2. The maximum absolute atomic E-state index is 6.03. The van der Waals surface area contributed by atoms with E-state index in [9.17, 15) is 0 Å². The Bertz CT molecular complexity index is 345. The molecule has 0 aliphatic rings. The van der Waals surface area contributed by atoms with Crippen LogP contribution >= 0.6 is 23.2 Å². The van der Waals surface area contributed by atoms with Gasteiger partial charge in [0.15, 0.2) is 0 Å². The Hall–Kier alpha value is -0.440. The van der Waals surface area contributed by atoms with E-state index in [0.29, 0.717) is 10.0 Å². The summed E-state index contributed by atoms with van der Waals surface area (Å²) in [5.41, 5.74) is 1.06. The summed E-state index contributed by atoms with van der Waals surface area (Å²) in [6, 6.07) is 5.46. The number of hydrogen-bond acceptors (Lipinski definition) is 2. The van der Waals surface area contributed by atoms with E-state index in [-0.39, 0.29) is 5.54 Å². The van der Waals surface area contributed by atoms with Gasteiger partial charge < -0.3 is 10.6 Å². The molecular weight excluding hydrogens is 243 g/mol. The molecule has 0 aromatic heterocycles. The standard InChI is InChI=1S/C12H18Cl2N2/c1-12(2,3)16-7-6-15-11-5-4-9(13)8-10(11)14/h4-5,8,15-16H,6-7H2,1-3H3. The summed E-state index contributed by atoms with van der Waals surface area (Å²) in [6.07, 6.45) is 0. The third-order valence-electron chi connectivity index (χ3n) is 2.03. The topological polar surface area (TPSA) is 24.1 Å². The first-order valence-electron chi connectivity index (χ1n) is 5.32. The van der Waals surface area contributed by atoms with Gasteiger partial charge in [-0.1, -0.05) is 23.2 Å². The largest absolute Gasteiger partial charge is 0.383 e. The van der Waals surface area contributed by atoms with Crippen LogP contribution in [0.2, 0.25) is 10.0 Å². The van der Waals surface area contributed by atoms with Crippen molar-refractivity contribution in [1.29, 1.82) is 0 Å². The van der Waals surface area contributed by atoms with Gasteiger partial charge in [0.2, 0.25) is 0 Å². The highest BCUT2D eigenvalue weighted by Gasteiger charge is 2.07. The molecule has 2 N–H and O–H groups in total. The van der Waals surface area contributed by atoms with Gasteiger partial charge in [-0.25, -0.2) is 0 Å². The molecule has 0 aliphatic heterocycles. The molecule has 0 aliphatic carbocycles. The van der Waals surface area contributed by atoms with Gasteiger partial charge in [0.05, 0.1) is 10.7 Å². The van der Waals surface area contributed by atoms with E-state index in [0.717, 1.165) is 18.8 Å². The van der Waals surface area contributed by atoms with E-state index in [4.69, 9.17) is 23.2 Å². The molecular formula is C12H18Cl2N2. The quantitative estimate of drug-likeness (QED) is 0.806. The molecule has 2 nitrogen and oxygen atoms in total. The monoisotopic (exact) mass is 260 g/mol. The molecule has 0 heterocycles. The van der Waals surface area contributed by atoms with Crippen molar-refractivity contribution < 1.29 is 0 Å². The Kier molecular flexibility index (Phi) is 4.90. The van der Waals surface area contributed by atoms with Crippen LogP contribution < -0.4 is 10.6 Å². The lowest BCUT2D eigenvalue weighted by Gasteiger charge is -2.20. The fourth-order valence-corrected chi connectivity index (χ4v) is 1.74. The molecule has 4 heteroatoms. The average Bonchev–Trinajstić information content (AvgIpc) is 2.13. The number of hydrogen-bond donors (Lipinski definition) is 2. The lowest BCUT2D eigenvalue weighted by atomic mass is 10.1. The molecule has 0 atom stereocenters. The normalized spacial score (nSPS) is 11.6. The first-order chi connectivity index (χ1) is 7.38. The predicted octanol–water partition coefficient (Wildman–Crippen LogP) is 3.79. The molecule has 0 radical (unpaired) electrons. The molecule has 0 amide bonds. The molecule has 0 unspecified atom stereocenters. The van der Waals surface area contributed by atoms with Crippen LogP contribution in [0, 0.1) is 0 Å². The summed E-state index contributed by atoms with van der Waals surface area (Å²) < 4.78 is 0. The number of nitrogens with one attached hydrogen (secondary N) is 2. The van der Waals surface area contributed by atoms with Crippen molar-refractivity contribution in [3.05, 3.63) is 28.2 Å². The van der Waals surface area contributed by atoms with Crippen LogP contribution in [0.3, 0.4) is 0 Å². The van der Waals surface area contributed by atoms with E-state index >= 15 is 0 Å². The number of anilines is 1. The first-order valence-corrected chi connectivity index (χ1v) is 6.08. The van der Waals surface area contributed by atoms with Gasteiger partial charge in [0, 0.05) is 23.7 Å². The second kappa shape index (κ2) is 5.76. The zero-order valence-electron chi connectivity index (χ0n) is 9.90. The van der Waals surface area contributed by atoms with Gasteiger partial charge in [0.1, 0.15) is 0 Å². The number of benzene rings is 1. The van der Waals surface area contributed by atoms with Gasteiger partial charge in [-0.2, -0.15) is 0 Å². The van der Waals surface area contributed by atoms with Gasteiger partial charge in [0.25, 0.3) is 0 Å². The van der Waals surface area contributed by atoms with Crippen molar-refractivity contribution in [3.63, 3.8) is 0 Å². The fraction of sp³-hybridized carbons (Fsp3) is 0.500. The van der Waals surface area contributed by atoms with Crippen molar-refractivity contribution in [2.24, 2.45) is 0 Å². The lowest BCUT2D eigenvalue weighted by Crippen LogP contribution is -2.38. The first kappa shape index (κ1) is 13.6. The highest BCUT2D eigenvalue weighted by atomic mass is 35.5. The Morgan fingerprint density at radius 2 is 1.81 bits per heavy atom. The minimum absolute atomic E-state index is 0.144. The highest BCUT2D eigenvalue weighted by molar-refractivity contribution is 6.36. The van der Waals surface area contributed by atoms with Crippen LogP contribution in [0.15, 0.2) is 18.2 Å². The Morgan fingerprint density at radius 1 is 1.12 bits per heavy atom. The van der Waals surface area contributed by atoms with Gasteiger partial charge in [-0.15, -0.1) is 0 Å². The van der Waals surface area contributed by atoms with E-state index in [1.807, 2.05) is 12.1 Å². The molecule has 0 spiro atoms. The average molecular weight is 261 g/mol. The molecule has 16 heavy (non-hydrogen) atoms. The molecule has 90 valence electrons. The summed E-state index contributed by atoms with van der Waals surface area (Å²) >= 11 is 11.8. The fourth-order valence-electron chi connectivity index (χ4n) is 1.27. The predicted molar refractivity (Wildman–Crippen MR) is 72.7 cm³/mol. The van der Waals surface area contributed by atoms with Crippen LogP contribution in [0.1, 0.15) is 20.8 Å². The lowest BCUT2D eigenvalue weighted by molar-refractivity contribution is 0.435. The summed E-state index contributed by atoms with van der Waals surface area (Å²) in [7, 11) is 0. The van der Waals surface area contributed by atoms with Crippen LogP contribution in [-0.4, -0.2) is 18.6 Å². The summed E-state index contributed by atoms with van der Waals surface area (Å²) in [4.78, 5) is 0. The third-order valence-corrected chi connectivity index (χ3v) is 2.57. The van der Waals surface area contributed by atoms with Gasteiger partial charge in [-0.05, 0) is 39.0 Å². The van der Waals surface area contributed by atoms with Crippen molar-refractivity contribution in [2.45, 2.75) is 26.3 Å². The minimum Gasteiger partial charge on any atom is -0.383 e. The maximum atomic E-state index is 6.03. The van der Waals surface area contributed by atoms with E-state index in [1.165, 1.54) is 0 Å². The van der Waals surface area contributed by atoms with Crippen LogP contribution in [0.25, 0.3) is 0 Å². The van der Waals surface area contributed by atoms with E-state index in [2.05, 4.69) is 31.4 Å². The van der Waals surface area contributed by atoms with Crippen LogP contribution in [0.4, 0.5) is 5.69 Å². The summed E-state index contributed by atoms with van der Waals surface area (Å²) in [6.45, 7) is 8.15. The van der Waals surface area contributed by atoms with E-state index in [1.54, 1.807) is 6.07 Å². The SMILES string of the molecule is CC(C)(C)NCCNc1ccc(Cl)cc1Cl. The molecule has 0 saturated heterocycles. The second-order valence-electron chi connectivity index (χ2n) is 4.73. The van der Waals surface area contributed by atoms with Gasteiger partial charge >= 0.3 is 0 Å². The zero-order chi connectivity index (χ0) is 12.2. The smallest absolute Gasteiger partial charge is 0.0652 e. The Morgan fingerprint density at radius 3 is 2.38 bits per heavy atom. The summed E-state index contributed by atoms with van der Waals surface area (Å²) in [5, 5.41) is 7.96. The van der Waals surface area contributed by atoms with Gasteiger partial charge in [-0.3, -0.25) is 0 Å². The Labute approximate surface area is 107 Å². The molecule has 0 saturated carbocycles. The maximum Gasteiger partial charge on any atom is 0.0652 e. The van der Waals surface area contributed by atoms with E-state index < -0.39 is 0 Å². The molecule has 1 aromatic rings. The second-order valence-corrected chi connectivity index (χ2v) is 5.57. The van der Waals surface area contributed by atoms with Crippen molar-refractivity contribution >= 4 is 28.9 Å². The Balaban J connectivity index is 2.38. The van der Waals surface area contributed by atoms with Crippen LogP contribution in [0.5, 0.6) is 0 Å². The van der Waals surface area contributed by atoms with Crippen molar-refractivity contribution in [3.8, 4) is 0 Å². The zero-order valence-corrected chi connectivity index (χ0v) is 11.4. The summed E-state index contributed by atoms with van der Waals surface area (Å²) in [5.74, 6) is 0. The highest BCUT2D eigenvalue weighted by Crippen LogP contribution is 2.24. The molecule has 1 rings (SSSR count). The molecule has 1 aromatic carbocycles. The molecule has 0 fully saturated rings. The third kappa shape index (κ3) is 5.06. The number of rotatable bonds is 4. The van der Waals surface area contributed by atoms with Crippen molar-refractivity contribution in [1.82, 2.24) is 5.32 Å². The molecule has 0 bridgehead atoms. The minimum atomic E-state index is 0.144. The van der Waals surface area contributed by atoms with Crippen molar-refractivity contribution in [2.75, 3.05) is 18.4 Å².